The standard InChI is InChI=1S/C17H22ClNOS/c1-3-4-11-20-15-7-5-14(6-8-15)12-19-13(2)16-9-10-17(18)21-16/h5-10,13,19H,3-4,11-12H2,1-2H3. The lowest BCUT2D eigenvalue weighted by atomic mass is 10.2. The minimum absolute atomic E-state index is 0.308. The van der Waals surface area contributed by atoms with Crippen molar-refractivity contribution in [3.8, 4) is 5.75 Å². The predicted octanol–water partition coefficient (Wildman–Crippen LogP) is 5.43. The summed E-state index contributed by atoms with van der Waals surface area (Å²) in [4.78, 5) is 1.26. The highest BCUT2D eigenvalue weighted by molar-refractivity contribution is 7.16. The second-order valence-electron chi connectivity index (χ2n) is 5.09. The summed E-state index contributed by atoms with van der Waals surface area (Å²) in [7, 11) is 0. The SMILES string of the molecule is CCCCOc1ccc(CNC(C)c2ccc(Cl)s2)cc1. The highest BCUT2D eigenvalue weighted by atomic mass is 35.5. The lowest BCUT2D eigenvalue weighted by Gasteiger charge is -2.12. The lowest BCUT2D eigenvalue weighted by Crippen LogP contribution is -2.17. The molecule has 2 aromatic rings. The maximum absolute atomic E-state index is 5.97. The number of benzene rings is 1. The van der Waals surface area contributed by atoms with E-state index in [1.807, 2.05) is 18.2 Å². The molecule has 0 radical (unpaired) electrons. The second-order valence-corrected chi connectivity index (χ2v) is 6.84. The number of hydrogen-bond donors (Lipinski definition) is 1. The molecule has 1 N–H and O–H groups in total. The van der Waals surface area contributed by atoms with Crippen LogP contribution in [0.2, 0.25) is 4.34 Å². The first kappa shape index (κ1) is 16.3. The third kappa shape index (κ3) is 5.34. The van der Waals surface area contributed by atoms with E-state index >= 15 is 0 Å². The van der Waals surface area contributed by atoms with Gasteiger partial charge in [0.25, 0.3) is 0 Å². The van der Waals surface area contributed by atoms with E-state index in [0.717, 1.165) is 36.1 Å². The summed E-state index contributed by atoms with van der Waals surface area (Å²) >= 11 is 7.60. The Labute approximate surface area is 136 Å². The molecular weight excluding hydrogens is 302 g/mol. The molecule has 1 heterocycles. The third-order valence-corrected chi connectivity index (χ3v) is 4.74. The summed E-state index contributed by atoms with van der Waals surface area (Å²) in [5.74, 6) is 0.949. The highest BCUT2D eigenvalue weighted by Crippen LogP contribution is 2.26. The number of rotatable bonds is 8. The van der Waals surface area contributed by atoms with Gasteiger partial charge in [-0.2, -0.15) is 0 Å². The Bertz CT molecular complexity index is 538. The maximum atomic E-state index is 5.97. The number of thiophene rings is 1. The topological polar surface area (TPSA) is 21.3 Å². The molecule has 0 spiro atoms. The van der Waals surface area contributed by atoms with E-state index in [1.54, 1.807) is 11.3 Å². The van der Waals surface area contributed by atoms with Crippen LogP contribution in [-0.4, -0.2) is 6.61 Å². The monoisotopic (exact) mass is 323 g/mol. The van der Waals surface area contributed by atoms with Crippen LogP contribution in [0.3, 0.4) is 0 Å². The van der Waals surface area contributed by atoms with E-state index in [1.165, 1.54) is 10.4 Å². The zero-order valence-corrected chi connectivity index (χ0v) is 14.1. The van der Waals surface area contributed by atoms with Crippen LogP contribution in [0, 0.1) is 0 Å². The van der Waals surface area contributed by atoms with Gasteiger partial charge in [0.1, 0.15) is 5.75 Å². The molecule has 0 fully saturated rings. The molecule has 2 rings (SSSR count). The van der Waals surface area contributed by atoms with E-state index in [-0.39, 0.29) is 0 Å². The van der Waals surface area contributed by atoms with Gasteiger partial charge < -0.3 is 10.1 Å². The van der Waals surface area contributed by atoms with Crippen molar-refractivity contribution in [1.82, 2.24) is 5.32 Å². The maximum Gasteiger partial charge on any atom is 0.119 e. The van der Waals surface area contributed by atoms with Gasteiger partial charge in [-0.15, -0.1) is 11.3 Å². The number of unbranched alkanes of at least 4 members (excludes halogenated alkanes) is 1. The molecule has 0 aliphatic heterocycles. The van der Waals surface area contributed by atoms with Gasteiger partial charge in [-0.25, -0.2) is 0 Å². The molecule has 1 aromatic heterocycles. The largest absolute Gasteiger partial charge is 0.494 e. The van der Waals surface area contributed by atoms with Crippen LogP contribution >= 0.6 is 22.9 Å². The Kier molecular flexibility index (Phi) is 6.55. The number of nitrogens with one attached hydrogen (secondary N) is 1. The van der Waals surface area contributed by atoms with Crippen LogP contribution in [0.1, 0.15) is 43.2 Å². The van der Waals surface area contributed by atoms with Gasteiger partial charge in [0, 0.05) is 17.5 Å². The van der Waals surface area contributed by atoms with Gasteiger partial charge >= 0.3 is 0 Å². The Morgan fingerprint density at radius 3 is 2.57 bits per heavy atom. The lowest BCUT2D eigenvalue weighted by molar-refractivity contribution is 0.309. The van der Waals surface area contributed by atoms with E-state index in [0.29, 0.717) is 6.04 Å². The quantitative estimate of drug-likeness (QED) is 0.654. The fraction of sp³-hybridized carbons (Fsp3) is 0.412. The number of ether oxygens (including phenoxy) is 1. The van der Waals surface area contributed by atoms with Crippen LogP contribution in [0.5, 0.6) is 5.75 Å². The van der Waals surface area contributed by atoms with Crippen molar-refractivity contribution >= 4 is 22.9 Å². The van der Waals surface area contributed by atoms with Crippen molar-refractivity contribution in [2.24, 2.45) is 0 Å². The molecule has 114 valence electrons. The van der Waals surface area contributed by atoms with Crippen molar-refractivity contribution in [2.45, 2.75) is 39.3 Å². The molecule has 1 aromatic carbocycles. The highest BCUT2D eigenvalue weighted by Gasteiger charge is 2.07. The predicted molar refractivity (Wildman–Crippen MR) is 91.4 cm³/mol. The van der Waals surface area contributed by atoms with Crippen LogP contribution in [0.15, 0.2) is 36.4 Å². The molecular formula is C17H22ClNOS. The first-order valence-electron chi connectivity index (χ1n) is 7.39. The normalized spacial score (nSPS) is 12.3. The molecule has 0 bridgehead atoms. The Hall–Kier alpha value is -1.03. The van der Waals surface area contributed by atoms with E-state index in [9.17, 15) is 0 Å². The zero-order valence-electron chi connectivity index (χ0n) is 12.6. The zero-order chi connectivity index (χ0) is 15.1. The summed E-state index contributed by atoms with van der Waals surface area (Å²) in [6.07, 6.45) is 2.26. The number of hydrogen-bond acceptors (Lipinski definition) is 3. The Morgan fingerprint density at radius 2 is 1.95 bits per heavy atom. The Morgan fingerprint density at radius 1 is 1.19 bits per heavy atom. The van der Waals surface area contributed by atoms with Gasteiger partial charge in [0.05, 0.1) is 10.9 Å². The molecule has 2 nitrogen and oxygen atoms in total. The first-order chi connectivity index (χ1) is 10.2. The molecule has 0 aliphatic rings. The van der Waals surface area contributed by atoms with Gasteiger partial charge in [-0.3, -0.25) is 0 Å². The van der Waals surface area contributed by atoms with Crippen molar-refractivity contribution in [1.29, 1.82) is 0 Å². The van der Waals surface area contributed by atoms with Crippen molar-refractivity contribution in [2.75, 3.05) is 6.61 Å². The van der Waals surface area contributed by atoms with Crippen molar-refractivity contribution < 1.29 is 4.74 Å². The van der Waals surface area contributed by atoms with E-state index in [4.69, 9.17) is 16.3 Å². The van der Waals surface area contributed by atoms with Crippen LogP contribution < -0.4 is 10.1 Å². The van der Waals surface area contributed by atoms with Crippen molar-refractivity contribution in [3.63, 3.8) is 0 Å². The fourth-order valence-corrected chi connectivity index (χ4v) is 3.06. The summed E-state index contributed by atoms with van der Waals surface area (Å²) < 4.78 is 6.51. The second kappa shape index (κ2) is 8.42. The Balaban J connectivity index is 1.80. The average molecular weight is 324 g/mol. The van der Waals surface area contributed by atoms with Gasteiger partial charge in [-0.05, 0) is 43.2 Å². The van der Waals surface area contributed by atoms with Gasteiger partial charge in [-0.1, -0.05) is 37.1 Å². The molecule has 1 unspecified atom stereocenters. The van der Waals surface area contributed by atoms with Crippen LogP contribution in [-0.2, 0) is 6.54 Å². The van der Waals surface area contributed by atoms with Gasteiger partial charge in [0.2, 0.25) is 0 Å². The number of halogens is 1. The van der Waals surface area contributed by atoms with E-state index in [2.05, 4.69) is 37.4 Å². The minimum Gasteiger partial charge on any atom is -0.494 e. The summed E-state index contributed by atoms with van der Waals surface area (Å²) in [6, 6.07) is 12.6. The molecule has 0 amide bonds. The third-order valence-electron chi connectivity index (χ3n) is 3.32. The smallest absolute Gasteiger partial charge is 0.119 e. The van der Waals surface area contributed by atoms with E-state index < -0.39 is 0 Å². The molecule has 0 aliphatic carbocycles. The summed E-state index contributed by atoms with van der Waals surface area (Å²) in [5.41, 5.74) is 1.26. The minimum atomic E-state index is 0.308. The first-order valence-corrected chi connectivity index (χ1v) is 8.59. The fourth-order valence-electron chi connectivity index (χ4n) is 1.97. The molecule has 4 heteroatoms. The summed E-state index contributed by atoms with van der Waals surface area (Å²) in [5, 5.41) is 3.51. The average Bonchev–Trinajstić information content (AvgIpc) is 2.93. The van der Waals surface area contributed by atoms with Crippen LogP contribution in [0.25, 0.3) is 0 Å². The molecule has 21 heavy (non-hydrogen) atoms. The molecule has 0 saturated carbocycles. The summed E-state index contributed by atoms with van der Waals surface area (Å²) in [6.45, 7) is 5.96. The van der Waals surface area contributed by atoms with Gasteiger partial charge in [0.15, 0.2) is 0 Å². The molecule has 0 saturated heterocycles. The molecule has 1 atom stereocenters. The van der Waals surface area contributed by atoms with Crippen LogP contribution in [0.4, 0.5) is 0 Å². The van der Waals surface area contributed by atoms with Crippen molar-refractivity contribution in [3.05, 3.63) is 51.2 Å².